The number of carbonyl (C=O) groups excluding carboxylic acids is 1. The van der Waals surface area contributed by atoms with Crippen molar-refractivity contribution in [3.63, 3.8) is 0 Å². The molecular formula is C22H27NO4S. The summed E-state index contributed by atoms with van der Waals surface area (Å²) in [7, 11) is -0.930. The average molecular weight is 402 g/mol. The van der Waals surface area contributed by atoms with Crippen LogP contribution in [0.5, 0.6) is 5.75 Å². The zero-order chi connectivity index (χ0) is 19.8. The molecule has 3 rings (SSSR count). The summed E-state index contributed by atoms with van der Waals surface area (Å²) in [4.78, 5) is 12.6. The van der Waals surface area contributed by atoms with Crippen LogP contribution in [0.1, 0.15) is 42.1 Å². The molecule has 1 aliphatic heterocycles. The molecule has 0 aliphatic carbocycles. The molecule has 28 heavy (non-hydrogen) atoms. The highest BCUT2D eigenvalue weighted by molar-refractivity contribution is 7.84. The predicted molar refractivity (Wildman–Crippen MR) is 112 cm³/mol. The predicted octanol–water partition coefficient (Wildman–Crippen LogP) is 4.16. The van der Waals surface area contributed by atoms with E-state index >= 15 is 0 Å². The third-order valence-electron chi connectivity index (χ3n) is 4.60. The standard InChI is InChI=1S/C22H27NO4S/c1-2-11-27-20-8-4-6-18(15-20)22(24)23-19-7-3-5-17(14-19)16-28(25)21-9-12-26-13-10-21/h3-8,14-15,21H,2,9-13,16H2,1H3,(H,23,24). The van der Waals surface area contributed by atoms with Crippen LogP contribution in [-0.2, 0) is 21.3 Å². The molecule has 1 atom stereocenters. The zero-order valence-electron chi connectivity index (χ0n) is 16.2. The number of hydrogen-bond donors (Lipinski definition) is 1. The van der Waals surface area contributed by atoms with E-state index in [1.807, 2.05) is 43.3 Å². The van der Waals surface area contributed by atoms with Gasteiger partial charge in [0.15, 0.2) is 0 Å². The summed E-state index contributed by atoms with van der Waals surface area (Å²) in [6, 6.07) is 14.7. The van der Waals surface area contributed by atoms with Gasteiger partial charge in [0.25, 0.3) is 5.91 Å². The fourth-order valence-electron chi connectivity index (χ4n) is 3.11. The van der Waals surface area contributed by atoms with Gasteiger partial charge in [-0.3, -0.25) is 9.00 Å². The average Bonchev–Trinajstić information content (AvgIpc) is 2.73. The van der Waals surface area contributed by atoms with Crippen molar-refractivity contribution in [1.29, 1.82) is 0 Å². The summed E-state index contributed by atoms with van der Waals surface area (Å²) in [6.45, 7) is 4.04. The van der Waals surface area contributed by atoms with Crippen molar-refractivity contribution in [3.05, 3.63) is 59.7 Å². The van der Waals surface area contributed by atoms with Gasteiger partial charge in [0.05, 0.1) is 6.61 Å². The Labute approximate surface area is 168 Å². The van der Waals surface area contributed by atoms with Crippen molar-refractivity contribution in [2.45, 2.75) is 37.2 Å². The Balaban J connectivity index is 1.62. The molecule has 0 radical (unpaired) electrons. The third-order valence-corrected chi connectivity index (χ3v) is 6.44. The largest absolute Gasteiger partial charge is 0.494 e. The van der Waals surface area contributed by atoms with Crippen LogP contribution in [0.15, 0.2) is 48.5 Å². The van der Waals surface area contributed by atoms with E-state index in [0.29, 0.717) is 42.6 Å². The molecule has 150 valence electrons. The van der Waals surface area contributed by atoms with Gasteiger partial charge in [-0.25, -0.2) is 0 Å². The summed E-state index contributed by atoms with van der Waals surface area (Å²) >= 11 is 0. The highest BCUT2D eigenvalue weighted by atomic mass is 32.2. The number of nitrogens with one attached hydrogen (secondary N) is 1. The van der Waals surface area contributed by atoms with E-state index in [1.165, 1.54) is 0 Å². The molecule has 1 heterocycles. The summed E-state index contributed by atoms with van der Waals surface area (Å²) in [5.74, 6) is 0.995. The maximum Gasteiger partial charge on any atom is 0.255 e. The summed E-state index contributed by atoms with van der Waals surface area (Å²) in [5, 5.41) is 3.11. The molecule has 0 aromatic heterocycles. The topological polar surface area (TPSA) is 64.6 Å². The molecule has 1 amide bonds. The van der Waals surface area contributed by atoms with Crippen LogP contribution in [-0.4, -0.2) is 35.2 Å². The van der Waals surface area contributed by atoms with Gasteiger partial charge in [0, 0.05) is 46.3 Å². The quantitative estimate of drug-likeness (QED) is 0.722. The molecule has 5 nitrogen and oxygen atoms in total. The van der Waals surface area contributed by atoms with Gasteiger partial charge in [-0.1, -0.05) is 25.1 Å². The smallest absolute Gasteiger partial charge is 0.255 e. The molecule has 2 aromatic carbocycles. The second kappa shape index (κ2) is 10.4. The van der Waals surface area contributed by atoms with Crippen molar-refractivity contribution in [2.75, 3.05) is 25.1 Å². The maximum absolute atomic E-state index is 12.6. The lowest BCUT2D eigenvalue weighted by molar-refractivity contribution is 0.0991. The van der Waals surface area contributed by atoms with Gasteiger partial charge in [-0.15, -0.1) is 0 Å². The monoisotopic (exact) mass is 401 g/mol. The van der Waals surface area contributed by atoms with E-state index in [-0.39, 0.29) is 11.2 Å². The number of ether oxygens (including phenoxy) is 2. The van der Waals surface area contributed by atoms with Crippen LogP contribution in [0, 0.1) is 0 Å². The zero-order valence-corrected chi connectivity index (χ0v) is 17.0. The first-order valence-electron chi connectivity index (χ1n) is 9.74. The van der Waals surface area contributed by atoms with Gasteiger partial charge < -0.3 is 14.8 Å². The second-order valence-corrected chi connectivity index (χ2v) is 8.58. The Morgan fingerprint density at radius 3 is 2.75 bits per heavy atom. The Hall–Kier alpha value is -2.18. The van der Waals surface area contributed by atoms with E-state index in [1.54, 1.807) is 12.1 Å². The van der Waals surface area contributed by atoms with Gasteiger partial charge in [0.2, 0.25) is 0 Å². The Morgan fingerprint density at radius 1 is 1.18 bits per heavy atom. The number of amides is 1. The molecule has 1 saturated heterocycles. The third kappa shape index (κ3) is 5.91. The first-order chi connectivity index (χ1) is 13.7. The number of anilines is 1. The lowest BCUT2D eigenvalue weighted by atomic mass is 10.2. The summed E-state index contributed by atoms with van der Waals surface area (Å²) in [6.07, 6.45) is 2.61. The van der Waals surface area contributed by atoms with Crippen LogP contribution in [0.4, 0.5) is 5.69 Å². The van der Waals surface area contributed by atoms with Gasteiger partial charge in [-0.2, -0.15) is 0 Å². The van der Waals surface area contributed by atoms with E-state index in [0.717, 1.165) is 24.8 Å². The van der Waals surface area contributed by atoms with E-state index in [4.69, 9.17) is 9.47 Å². The summed E-state index contributed by atoms with van der Waals surface area (Å²) < 4.78 is 23.5. The fourth-order valence-corrected chi connectivity index (χ4v) is 4.57. The van der Waals surface area contributed by atoms with Crippen molar-refractivity contribution in [1.82, 2.24) is 0 Å². The van der Waals surface area contributed by atoms with Crippen LogP contribution in [0.25, 0.3) is 0 Å². The van der Waals surface area contributed by atoms with E-state index in [2.05, 4.69) is 5.32 Å². The van der Waals surface area contributed by atoms with E-state index in [9.17, 15) is 9.00 Å². The molecule has 0 bridgehead atoms. The maximum atomic E-state index is 12.6. The van der Waals surface area contributed by atoms with Gasteiger partial charge >= 0.3 is 0 Å². The van der Waals surface area contributed by atoms with Crippen LogP contribution >= 0.6 is 0 Å². The molecule has 0 spiro atoms. The van der Waals surface area contributed by atoms with Crippen molar-refractivity contribution < 1.29 is 18.5 Å². The number of carbonyl (C=O) groups is 1. The van der Waals surface area contributed by atoms with Gasteiger partial charge in [-0.05, 0) is 55.2 Å². The lowest BCUT2D eigenvalue weighted by Crippen LogP contribution is -2.25. The molecule has 6 heteroatoms. The Morgan fingerprint density at radius 2 is 1.96 bits per heavy atom. The highest BCUT2D eigenvalue weighted by Crippen LogP contribution is 2.20. The van der Waals surface area contributed by atoms with E-state index < -0.39 is 10.8 Å². The molecule has 1 unspecified atom stereocenters. The second-order valence-electron chi connectivity index (χ2n) is 6.87. The molecule has 2 aromatic rings. The Bertz CT molecular complexity index is 818. The minimum absolute atomic E-state index is 0.190. The minimum Gasteiger partial charge on any atom is -0.494 e. The normalized spacial score (nSPS) is 15.8. The molecular weight excluding hydrogens is 374 g/mol. The number of rotatable bonds is 8. The number of benzene rings is 2. The molecule has 1 aliphatic rings. The SMILES string of the molecule is CCCOc1cccc(C(=O)Nc2cccc(CS(=O)C3CCOCC3)c2)c1. The van der Waals surface area contributed by atoms with Crippen molar-refractivity contribution >= 4 is 22.4 Å². The Kier molecular flexibility index (Phi) is 7.62. The minimum atomic E-state index is -0.930. The van der Waals surface area contributed by atoms with Crippen molar-refractivity contribution in [3.8, 4) is 5.75 Å². The molecule has 1 fully saturated rings. The molecule has 0 saturated carbocycles. The molecule has 1 N–H and O–H groups in total. The van der Waals surface area contributed by atoms with Crippen LogP contribution in [0.3, 0.4) is 0 Å². The highest BCUT2D eigenvalue weighted by Gasteiger charge is 2.20. The van der Waals surface area contributed by atoms with Crippen LogP contribution < -0.4 is 10.1 Å². The first kappa shape index (κ1) is 20.6. The first-order valence-corrected chi connectivity index (χ1v) is 11.1. The fraction of sp³-hybridized carbons (Fsp3) is 0.409. The lowest BCUT2D eigenvalue weighted by Gasteiger charge is -2.21. The van der Waals surface area contributed by atoms with Crippen LogP contribution in [0.2, 0.25) is 0 Å². The summed E-state index contributed by atoms with van der Waals surface area (Å²) in [5.41, 5.74) is 2.21. The van der Waals surface area contributed by atoms with Crippen molar-refractivity contribution in [2.24, 2.45) is 0 Å². The number of hydrogen-bond acceptors (Lipinski definition) is 4. The van der Waals surface area contributed by atoms with Gasteiger partial charge in [0.1, 0.15) is 5.75 Å².